The van der Waals surface area contributed by atoms with Crippen molar-refractivity contribution in [3.63, 3.8) is 0 Å². The Morgan fingerprint density at radius 2 is 1.43 bits per heavy atom. The largest absolute Gasteiger partial charge is 0.285 e. The molecule has 0 aliphatic rings. The van der Waals surface area contributed by atoms with Crippen molar-refractivity contribution < 1.29 is 25.9 Å². The molecule has 0 fully saturated rings. The Morgan fingerprint density at radius 3 is 2.07 bits per heavy atom. The van der Waals surface area contributed by atoms with Crippen LogP contribution in [-0.4, -0.2) is 35.9 Å². The third-order valence-corrected chi connectivity index (χ3v) is 7.78. The fourth-order valence-electron chi connectivity index (χ4n) is 3.33. The Bertz CT molecular complexity index is 1470. The minimum absolute atomic E-state index is 0.293. The molecule has 0 unspecified atom stereocenters. The van der Waals surface area contributed by atoms with Crippen LogP contribution in [0, 0.1) is 13.8 Å². The predicted octanol–water partition coefficient (Wildman–Crippen LogP) is 3.97. The predicted molar refractivity (Wildman–Crippen MR) is 118 cm³/mol. The lowest BCUT2D eigenvalue weighted by molar-refractivity contribution is 0.479. The molecule has 30 heavy (non-hydrogen) atoms. The minimum Gasteiger partial charge on any atom is -0.285 e. The van der Waals surface area contributed by atoms with E-state index in [4.69, 9.17) is 0 Å². The van der Waals surface area contributed by atoms with Gasteiger partial charge in [-0.25, -0.2) is 9.97 Å². The SMILES string of the molecule is Cc1nc2cc3sc(-c4cc(CS(=O)(=O)O)cc(C)c4CS(=O)(=O)O)nc3cc2s1. The zero-order chi connectivity index (χ0) is 21.8. The van der Waals surface area contributed by atoms with E-state index in [2.05, 4.69) is 9.97 Å². The second-order valence-corrected chi connectivity index (χ2v) is 12.1. The van der Waals surface area contributed by atoms with E-state index >= 15 is 0 Å². The number of hydrogen-bond donors (Lipinski definition) is 2. The fourth-order valence-corrected chi connectivity index (χ4v) is 6.53. The maximum atomic E-state index is 11.6. The van der Waals surface area contributed by atoms with Crippen molar-refractivity contribution in [2.24, 2.45) is 0 Å². The van der Waals surface area contributed by atoms with Crippen LogP contribution in [0.4, 0.5) is 0 Å². The van der Waals surface area contributed by atoms with E-state index in [1.807, 2.05) is 19.1 Å². The summed E-state index contributed by atoms with van der Waals surface area (Å²) in [6, 6.07) is 6.79. The second kappa shape index (κ2) is 7.32. The number of aromatic nitrogens is 2. The average Bonchev–Trinajstić information content (AvgIpc) is 3.13. The molecule has 0 amide bonds. The number of hydrogen-bond acceptors (Lipinski definition) is 8. The van der Waals surface area contributed by atoms with Gasteiger partial charge in [-0.15, -0.1) is 22.7 Å². The van der Waals surface area contributed by atoms with Crippen molar-refractivity contribution in [3.8, 4) is 10.6 Å². The number of nitrogens with zero attached hydrogens (tertiary/aromatic N) is 2. The van der Waals surface area contributed by atoms with Crippen LogP contribution in [-0.2, 0) is 31.7 Å². The van der Waals surface area contributed by atoms with Gasteiger partial charge < -0.3 is 0 Å². The van der Waals surface area contributed by atoms with Gasteiger partial charge in [-0.2, -0.15) is 16.8 Å². The molecule has 0 aliphatic carbocycles. The molecule has 12 heteroatoms. The van der Waals surface area contributed by atoms with Crippen molar-refractivity contribution >= 4 is 63.3 Å². The summed E-state index contributed by atoms with van der Waals surface area (Å²) in [5.74, 6) is -1.25. The summed E-state index contributed by atoms with van der Waals surface area (Å²) in [5.41, 5.74) is 3.05. The van der Waals surface area contributed by atoms with Crippen LogP contribution in [0.25, 0.3) is 31.0 Å². The monoisotopic (exact) mass is 484 g/mol. The molecule has 2 aromatic heterocycles. The number of thiazole rings is 2. The Kier molecular flexibility index (Phi) is 5.19. The summed E-state index contributed by atoms with van der Waals surface area (Å²) in [7, 11) is -8.61. The molecule has 8 nitrogen and oxygen atoms in total. The van der Waals surface area contributed by atoms with E-state index in [0.29, 0.717) is 32.8 Å². The van der Waals surface area contributed by atoms with Crippen LogP contribution in [0.2, 0.25) is 0 Å². The van der Waals surface area contributed by atoms with Crippen LogP contribution in [0.3, 0.4) is 0 Å². The van der Waals surface area contributed by atoms with Gasteiger partial charge in [0.1, 0.15) is 16.5 Å². The number of aryl methyl sites for hydroxylation is 2. The van der Waals surface area contributed by atoms with Crippen molar-refractivity contribution in [2.45, 2.75) is 25.4 Å². The molecule has 0 atom stereocenters. The first-order valence-corrected chi connectivity index (χ1v) is 13.4. The zero-order valence-electron chi connectivity index (χ0n) is 15.8. The maximum absolute atomic E-state index is 11.6. The molecule has 0 radical (unpaired) electrons. The lowest BCUT2D eigenvalue weighted by Gasteiger charge is -2.12. The van der Waals surface area contributed by atoms with Gasteiger partial charge in [-0.05, 0) is 48.7 Å². The second-order valence-electron chi connectivity index (χ2n) is 6.93. The molecule has 0 saturated heterocycles. The van der Waals surface area contributed by atoms with Gasteiger partial charge in [0.2, 0.25) is 0 Å². The topological polar surface area (TPSA) is 135 Å². The first-order valence-electron chi connectivity index (χ1n) is 8.59. The summed E-state index contributed by atoms with van der Waals surface area (Å²) in [6.07, 6.45) is 0. The summed E-state index contributed by atoms with van der Waals surface area (Å²) < 4.78 is 66.3. The Hall–Kier alpha value is -1.96. The van der Waals surface area contributed by atoms with E-state index < -0.39 is 31.7 Å². The van der Waals surface area contributed by atoms with Crippen molar-refractivity contribution in [2.75, 3.05) is 0 Å². The summed E-state index contributed by atoms with van der Waals surface area (Å²) in [6.45, 7) is 3.54. The fraction of sp³-hybridized carbons (Fsp3) is 0.222. The lowest BCUT2D eigenvalue weighted by Crippen LogP contribution is -2.08. The highest BCUT2D eigenvalue weighted by atomic mass is 32.2. The van der Waals surface area contributed by atoms with Gasteiger partial charge in [0.15, 0.2) is 0 Å². The Labute approximate surface area is 180 Å². The van der Waals surface area contributed by atoms with E-state index in [1.165, 1.54) is 23.5 Å². The number of fused-ring (bicyclic) bond motifs is 2. The van der Waals surface area contributed by atoms with Gasteiger partial charge in [0.05, 0.1) is 25.4 Å². The molecular weight excluding hydrogens is 468 g/mol. The van der Waals surface area contributed by atoms with Crippen LogP contribution in [0.1, 0.15) is 21.7 Å². The van der Waals surface area contributed by atoms with Gasteiger partial charge in [0, 0.05) is 5.56 Å². The first kappa shape index (κ1) is 21.3. The van der Waals surface area contributed by atoms with Crippen LogP contribution >= 0.6 is 22.7 Å². The first-order chi connectivity index (χ1) is 13.9. The standard InChI is InChI=1S/C18H16N2O6S4/c1-9-3-11(7-29(21,22)23)4-12(13(9)8-30(24,25)26)18-20-15-6-16-14(5-17(15)28-18)19-10(2)27-16/h3-6H,7-8H2,1-2H3,(H,21,22,23)(H,24,25,26). The Morgan fingerprint density at radius 1 is 0.833 bits per heavy atom. The van der Waals surface area contributed by atoms with Crippen LogP contribution in [0.15, 0.2) is 24.3 Å². The molecule has 0 spiro atoms. The van der Waals surface area contributed by atoms with Gasteiger partial charge in [-0.3, -0.25) is 9.11 Å². The van der Waals surface area contributed by atoms with Crippen LogP contribution in [0.5, 0.6) is 0 Å². The number of rotatable bonds is 5. The molecule has 2 aromatic carbocycles. The smallest absolute Gasteiger partial charge is 0.269 e. The number of benzene rings is 2. The molecular formula is C18H16N2O6S4. The maximum Gasteiger partial charge on any atom is 0.269 e. The molecule has 0 bridgehead atoms. The van der Waals surface area contributed by atoms with Gasteiger partial charge in [0.25, 0.3) is 20.2 Å². The van der Waals surface area contributed by atoms with E-state index in [-0.39, 0.29) is 0 Å². The zero-order valence-corrected chi connectivity index (χ0v) is 19.0. The molecule has 158 valence electrons. The van der Waals surface area contributed by atoms with Crippen molar-refractivity contribution in [3.05, 3.63) is 46.0 Å². The molecule has 4 rings (SSSR count). The average molecular weight is 485 g/mol. The van der Waals surface area contributed by atoms with Crippen molar-refractivity contribution in [1.29, 1.82) is 0 Å². The normalized spacial score (nSPS) is 12.8. The van der Waals surface area contributed by atoms with E-state index in [1.54, 1.807) is 18.3 Å². The quantitative estimate of drug-likeness (QED) is 0.406. The molecule has 2 heterocycles. The third kappa shape index (κ3) is 4.53. The minimum atomic E-state index is -4.33. The summed E-state index contributed by atoms with van der Waals surface area (Å²) in [4.78, 5) is 9.09. The van der Waals surface area contributed by atoms with E-state index in [9.17, 15) is 25.9 Å². The summed E-state index contributed by atoms with van der Waals surface area (Å²) >= 11 is 2.86. The highest BCUT2D eigenvalue weighted by Gasteiger charge is 2.20. The van der Waals surface area contributed by atoms with Crippen molar-refractivity contribution in [1.82, 2.24) is 9.97 Å². The highest BCUT2D eigenvalue weighted by Crippen LogP contribution is 2.37. The van der Waals surface area contributed by atoms with Crippen LogP contribution < -0.4 is 0 Å². The summed E-state index contributed by atoms with van der Waals surface area (Å²) in [5, 5.41) is 1.42. The highest BCUT2D eigenvalue weighted by molar-refractivity contribution is 7.85. The Balaban J connectivity index is 1.94. The van der Waals surface area contributed by atoms with Gasteiger partial charge >= 0.3 is 0 Å². The van der Waals surface area contributed by atoms with Gasteiger partial charge in [-0.1, -0.05) is 6.07 Å². The molecule has 4 aromatic rings. The van der Waals surface area contributed by atoms with E-state index in [0.717, 1.165) is 19.9 Å². The molecule has 0 aliphatic heterocycles. The molecule has 2 N–H and O–H groups in total. The lowest BCUT2D eigenvalue weighted by atomic mass is 10.0. The molecule has 0 saturated carbocycles. The third-order valence-electron chi connectivity index (χ3n) is 4.44.